The summed E-state index contributed by atoms with van der Waals surface area (Å²) in [5, 5.41) is 0. The van der Waals surface area contributed by atoms with E-state index in [-0.39, 0.29) is 5.91 Å². The maximum atomic E-state index is 13.2. The Hall–Kier alpha value is -1.93. The molecule has 0 bridgehead atoms. The predicted octanol–water partition coefficient (Wildman–Crippen LogP) is 5.43. The summed E-state index contributed by atoms with van der Waals surface area (Å²) in [4.78, 5) is 13.2. The van der Waals surface area contributed by atoms with Crippen molar-refractivity contribution in [2.24, 2.45) is 0 Å². The van der Waals surface area contributed by atoms with Crippen LogP contribution in [0.25, 0.3) is 0 Å². The molecule has 0 saturated heterocycles. The van der Waals surface area contributed by atoms with Crippen molar-refractivity contribution in [3.63, 3.8) is 0 Å². The molecule has 1 amide bonds. The van der Waals surface area contributed by atoms with E-state index in [1.807, 2.05) is 55.6 Å². The first-order valence-electron chi connectivity index (χ1n) is 8.69. The number of benzene rings is 2. The van der Waals surface area contributed by atoms with Crippen molar-refractivity contribution < 1.29 is 4.79 Å². The summed E-state index contributed by atoms with van der Waals surface area (Å²) in [6, 6.07) is 19.8. The van der Waals surface area contributed by atoms with Gasteiger partial charge in [0.1, 0.15) is 5.69 Å². The molecule has 2 rings (SSSR count). The van der Waals surface area contributed by atoms with E-state index in [1.54, 1.807) is 0 Å². The second-order valence-corrected chi connectivity index (χ2v) is 6.34. The molecular formula is C21H28NO+. The Morgan fingerprint density at radius 2 is 1.39 bits per heavy atom. The van der Waals surface area contributed by atoms with E-state index in [4.69, 9.17) is 0 Å². The van der Waals surface area contributed by atoms with Gasteiger partial charge in [-0.15, -0.1) is 0 Å². The lowest BCUT2D eigenvalue weighted by Crippen LogP contribution is -2.51. The van der Waals surface area contributed by atoms with Crippen LogP contribution in [0.15, 0.2) is 60.7 Å². The van der Waals surface area contributed by atoms with E-state index in [1.165, 1.54) is 25.7 Å². The Bertz CT molecular complexity index is 594. The summed E-state index contributed by atoms with van der Waals surface area (Å²) in [5.41, 5.74) is 1.85. The number of quaternary nitrogens is 1. The number of hydrogen-bond donors (Lipinski definition) is 0. The zero-order valence-electron chi connectivity index (χ0n) is 14.4. The number of carbonyl (C=O) groups is 1. The molecule has 1 atom stereocenters. The Labute approximate surface area is 140 Å². The van der Waals surface area contributed by atoms with Gasteiger partial charge in [-0.1, -0.05) is 62.6 Å². The summed E-state index contributed by atoms with van der Waals surface area (Å²) >= 11 is 0. The minimum atomic E-state index is 0.173. The van der Waals surface area contributed by atoms with Gasteiger partial charge < -0.3 is 0 Å². The fourth-order valence-corrected chi connectivity index (χ4v) is 3.00. The zero-order valence-corrected chi connectivity index (χ0v) is 14.4. The molecule has 2 heteroatoms. The SMILES string of the molecule is CCCCCCC[N+](C)(C(=O)c1ccccc1)c1ccccc1. The molecule has 0 N–H and O–H groups in total. The predicted molar refractivity (Wildman–Crippen MR) is 98.6 cm³/mol. The first-order valence-corrected chi connectivity index (χ1v) is 8.69. The maximum absolute atomic E-state index is 13.2. The fourth-order valence-electron chi connectivity index (χ4n) is 3.00. The quantitative estimate of drug-likeness (QED) is 0.469. The van der Waals surface area contributed by atoms with Crippen LogP contribution in [-0.4, -0.2) is 19.5 Å². The molecule has 0 fully saturated rings. The van der Waals surface area contributed by atoms with E-state index in [0.29, 0.717) is 4.48 Å². The zero-order chi connectivity index (χ0) is 16.5. The molecule has 0 heterocycles. The molecule has 0 spiro atoms. The number of amides is 1. The van der Waals surface area contributed by atoms with E-state index < -0.39 is 0 Å². The van der Waals surface area contributed by atoms with Crippen LogP contribution in [0, 0.1) is 0 Å². The molecule has 122 valence electrons. The topological polar surface area (TPSA) is 17.1 Å². The summed E-state index contributed by atoms with van der Waals surface area (Å²) in [6.45, 7) is 3.07. The second-order valence-electron chi connectivity index (χ2n) is 6.34. The monoisotopic (exact) mass is 310 g/mol. The van der Waals surface area contributed by atoms with Crippen molar-refractivity contribution in [2.75, 3.05) is 13.6 Å². The highest BCUT2D eigenvalue weighted by atomic mass is 16.2. The van der Waals surface area contributed by atoms with Crippen LogP contribution >= 0.6 is 0 Å². The van der Waals surface area contributed by atoms with E-state index in [0.717, 1.165) is 24.2 Å². The van der Waals surface area contributed by atoms with Gasteiger partial charge in [-0.3, -0.25) is 0 Å². The highest BCUT2D eigenvalue weighted by molar-refractivity contribution is 6.01. The summed E-state index contributed by atoms with van der Waals surface area (Å²) in [7, 11) is 2.05. The van der Waals surface area contributed by atoms with Gasteiger partial charge in [0.15, 0.2) is 0 Å². The Kier molecular flexibility index (Phi) is 6.54. The average Bonchev–Trinajstić information content (AvgIpc) is 2.62. The maximum Gasteiger partial charge on any atom is 0.350 e. The van der Waals surface area contributed by atoms with Crippen LogP contribution in [0.1, 0.15) is 49.4 Å². The largest absolute Gasteiger partial charge is 0.350 e. The smallest absolute Gasteiger partial charge is 0.226 e. The molecule has 0 saturated carbocycles. The normalized spacial score (nSPS) is 13.5. The van der Waals surface area contributed by atoms with Crippen LogP contribution in [0.5, 0.6) is 0 Å². The molecule has 0 aromatic heterocycles. The van der Waals surface area contributed by atoms with E-state index in [2.05, 4.69) is 19.1 Å². The molecule has 2 aromatic rings. The van der Waals surface area contributed by atoms with Gasteiger partial charge in [0, 0.05) is 0 Å². The van der Waals surface area contributed by atoms with Crippen LogP contribution in [0.4, 0.5) is 5.69 Å². The number of rotatable bonds is 8. The number of unbranched alkanes of at least 4 members (excludes halogenated alkanes) is 4. The Balaban J connectivity index is 2.19. The van der Waals surface area contributed by atoms with Gasteiger partial charge in [0.25, 0.3) is 0 Å². The standard InChI is InChI=1S/C21H28NO/c1-3-4-5-6-13-18-22(2,20-16-11-8-12-17-20)21(23)19-14-9-7-10-15-19/h7-12,14-17H,3-6,13,18H2,1-2H3/q+1. The molecule has 23 heavy (non-hydrogen) atoms. The first-order chi connectivity index (χ1) is 11.2. The van der Waals surface area contributed by atoms with E-state index >= 15 is 0 Å². The summed E-state index contributed by atoms with van der Waals surface area (Å²) < 4.78 is 0.344. The number of nitrogens with zero attached hydrogens (tertiary/aromatic N) is 1. The third-order valence-corrected chi connectivity index (χ3v) is 4.50. The summed E-state index contributed by atoms with van der Waals surface area (Å²) in [5.74, 6) is 0.173. The van der Waals surface area contributed by atoms with Gasteiger partial charge in [0.05, 0.1) is 19.2 Å². The van der Waals surface area contributed by atoms with Crippen molar-refractivity contribution in [1.82, 2.24) is 4.48 Å². The molecule has 0 aliphatic heterocycles. The molecule has 1 unspecified atom stereocenters. The summed E-state index contributed by atoms with van der Waals surface area (Å²) in [6.07, 6.45) is 6.04. The van der Waals surface area contributed by atoms with Gasteiger partial charge in [-0.05, 0) is 37.1 Å². The van der Waals surface area contributed by atoms with Crippen molar-refractivity contribution >= 4 is 11.6 Å². The van der Waals surface area contributed by atoms with Gasteiger partial charge in [-0.25, -0.2) is 9.28 Å². The second kappa shape index (κ2) is 8.64. The average molecular weight is 310 g/mol. The number of carbonyl (C=O) groups excluding carboxylic acids is 1. The van der Waals surface area contributed by atoms with Gasteiger partial charge in [0.2, 0.25) is 0 Å². The van der Waals surface area contributed by atoms with Crippen molar-refractivity contribution in [2.45, 2.75) is 39.0 Å². The van der Waals surface area contributed by atoms with Crippen molar-refractivity contribution in [1.29, 1.82) is 0 Å². The van der Waals surface area contributed by atoms with Crippen LogP contribution in [0.3, 0.4) is 0 Å². The lowest BCUT2D eigenvalue weighted by molar-refractivity contribution is 0.0797. The third-order valence-electron chi connectivity index (χ3n) is 4.50. The van der Waals surface area contributed by atoms with Crippen LogP contribution < -0.4 is 4.48 Å². The van der Waals surface area contributed by atoms with E-state index in [9.17, 15) is 4.79 Å². The van der Waals surface area contributed by atoms with Crippen molar-refractivity contribution in [3.8, 4) is 0 Å². The minimum absolute atomic E-state index is 0.173. The number of hydrogen-bond acceptors (Lipinski definition) is 1. The Morgan fingerprint density at radius 3 is 2.00 bits per heavy atom. The number of para-hydroxylation sites is 1. The van der Waals surface area contributed by atoms with Crippen LogP contribution in [0.2, 0.25) is 0 Å². The van der Waals surface area contributed by atoms with Gasteiger partial charge >= 0.3 is 5.91 Å². The molecule has 0 aliphatic rings. The van der Waals surface area contributed by atoms with Crippen molar-refractivity contribution in [3.05, 3.63) is 66.2 Å². The lowest BCUT2D eigenvalue weighted by atomic mass is 10.1. The Morgan fingerprint density at radius 1 is 0.826 bits per heavy atom. The minimum Gasteiger partial charge on any atom is -0.226 e. The first kappa shape index (κ1) is 17.4. The van der Waals surface area contributed by atoms with Crippen LogP contribution in [-0.2, 0) is 0 Å². The third kappa shape index (κ3) is 4.52. The highest BCUT2D eigenvalue weighted by Crippen LogP contribution is 2.25. The lowest BCUT2D eigenvalue weighted by Gasteiger charge is -2.31. The molecular weight excluding hydrogens is 282 g/mol. The molecule has 0 radical (unpaired) electrons. The molecule has 0 aliphatic carbocycles. The fraction of sp³-hybridized carbons (Fsp3) is 0.381. The van der Waals surface area contributed by atoms with Gasteiger partial charge in [-0.2, -0.15) is 0 Å². The molecule has 2 nitrogen and oxygen atoms in total. The highest BCUT2D eigenvalue weighted by Gasteiger charge is 2.34. The molecule has 2 aromatic carbocycles.